The number of rotatable bonds is 4. The highest BCUT2D eigenvalue weighted by Gasteiger charge is 2.22. The predicted octanol–water partition coefficient (Wildman–Crippen LogP) is 2.82. The lowest BCUT2D eigenvalue weighted by Crippen LogP contribution is -2.39. The molecular weight excluding hydrogens is 326 g/mol. The normalized spacial score (nSPS) is 12.9. The van der Waals surface area contributed by atoms with Gasteiger partial charge in [0.05, 0.1) is 17.2 Å². The van der Waals surface area contributed by atoms with Crippen LogP contribution in [0.15, 0.2) is 10.7 Å². The lowest BCUT2D eigenvalue weighted by atomic mass is 10.2. The molecule has 1 heterocycles. The summed E-state index contributed by atoms with van der Waals surface area (Å²) < 4.78 is 13.5. The van der Waals surface area contributed by atoms with Gasteiger partial charge in [-0.1, -0.05) is 0 Å². The molecule has 1 atom stereocenters. The first-order valence-corrected chi connectivity index (χ1v) is 7.17. The van der Waals surface area contributed by atoms with Crippen LogP contribution in [0.2, 0.25) is 0 Å². The van der Waals surface area contributed by atoms with Crippen molar-refractivity contribution in [3.8, 4) is 5.88 Å². The first-order valence-electron chi connectivity index (χ1n) is 6.38. The van der Waals surface area contributed by atoms with Gasteiger partial charge in [-0.15, -0.1) is 0 Å². The van der Waals surface area contributed by atoms with Crippen molar-refractivity contribution in [2.75, 3.05) is 13.6 Å². The molecule has 0 aromatic carbocycles. The zero-order chi connectivity index (χ0) is 15.5. The largest absolute Gasteiger partial charge is 0.472 e. The van der Waals surface area contributed by atoms with Crippen molar-refractivity contribution in [2.24, 2.45) is 7.05 Å². The first-order chi connectivity index (χ1) is 9.10. The smallest absolute Gasteiger partial charge is 0.410 e. The van der Waals surface area contributed by atoms with Gasteiger partial charge in [0.15, 0.2) is 0 Å². The molecule has 0 saturated heterocycles. The first kappa shape index (κ1) is 16.8. The van der Waals surface area contributed by atoms with Gasteiger partial charge in [0.1, 0.15) is 11.7 Å². The van der Waals surface area contributed by atoms with Crippen molar-refractivity contribution in [3.63, 3.8) is 0 Å². The molecule has 0 spiro atoms. The highest BCUT2D eigenvalue weighted by atomic mass is 79.9. The molecule has 20 heavy (non-hydrogen) atoms. The second-order valence-corrected chi connectivity index (χ2v) is 6.56. The van der Waals surface area contributed by atoms with Crippen molar-refractivity contribution in [3.05, 3.63) is 10.7 Å². The number of hydrogen-bond donors (Lipinski definition) is 0. The quantitative estimate of drug-likeness (QED) is 0.840. The van der Waals surface area contributed by atoms with Crippen LogP contribution < -0.4 is 4.74 Å². The Balaban J connectivity index is 2.54. The molecule has 1 aromatic rings. The molecule has 1 amide bonds. The van der Waals surface area contributed by atoms with Crippen LogP contribution in [-0.4, -0.2) is 46.1 Å². The molecule has 1 rings (SSSR count). The fourth-order valence-corrected chi connectivity index (χ4v) is 2.00. The average Bonchev–Trinajstić information content (AvgIpc) is 2.58. The fraction of sp³-hybridized carbons (Fsp3) is 0.692. The number of ether oxygens (including phenoxy) is 2. The van der Waals surface area contributed by atoms with Crippen LogP contribution in [0.25, 0.3) is 0 Å². The molecule has 1 aromatic heterocycles. The molecule has 0 saturated carbocycles. The lowest BCUT2D eigenvalue weighted by molar-refractivity contribution is 0.0233. The second-order valence-electron chi connectivity index (χ2n) is 5.71. The molecule has 114 valence electrons. The maximum Gasteiger partial charge on any atom is 0.410 e. The summed E-state index contributed by atoms with van der Waals surface area (Å²) in [6.45, 7) is 7.83. The summed E-state index contributed by atoms with van der Waals surface area (Å²) in [5.41, 5.74) is -0.499. The van der Waals surface area contributed by atoms with E-state index in [1.165, 1.54) is 4.90 Å². The van der Waals surface area contributed by atoms with Gasteiger partial charge in [-0.3, -0.25) is 0 Å². The van der Waals surface area contributed by atoms with Crippen molar-refractivity contribution >= 4 is 22.0 Å². The number of likely N-dealkylation sites (N-methyl/N-ethyl adjacent to an activating group) is 1. The standard InChI is InChI=1S/C13H22BrN3O3/c1-9(19-11-10(14)7-15-17(11)6)8-16(5)12(18)20-13(2,3)4/h7,9H,8H2,1-6H3/t9-/m1/s1. The van der Waals surface area contributed by atoms with Crippen LogP contribution in [-0.2, 0) is 11.8 Å². The minimum atomic E-state index is -0.499. The van der Waals surface area contributed by atoms with Crippen molar-refractivity contribution in [1.82, 2.24) is 14.7 Å². The summed E-state index contributed by atoms with van der Waals surface area (Å²) in [6.07, 6.45) is 1.12. The topological polar surface area (TPSA) is 56.6 Å². The Hall–Kier alpha value is -1.24. The van der Waals surface area contributed by atoms with Crippen LogP contribution in [0.4, 0.5) is 4.79 Å². The van der Waals surface area contributed by atoms with Crippen LogP contribution >= 0.6 is 15.9 Å². The molecule has 0 N–H and O–H groups in total. The Bertz CT molecular complexity index is 448. The van der Waals surface area contributed by atoms with Gasteiger partial charge < -0.3 is 14.4 Å². The minimum Gasteiger partial charge on any atom is -0.472 e. The van der Waals surface area contributed by atoms with Crippen LogP contribution in [0.1, 0.15) is 27.7 Å². The number of carbonyl (C=O) groups excluding carboxylic acids is 1. The number of amides is 1. The van der Waals surface area contributed by atoms with Crippen LogP contribution in [0, 0.1) is 0 Å². The van der Waals surface area contributed by atoms with E-state index in [4.69, 9.17) is 9.47 Å². The third-order valence-electron chi connectivity index (χ3n) is 2.39. The van der Waals surface area contributed by atoms with Gasteiger partial charge in [0.2, 0.25) is 5.88 Å². The number of nitrogens with zero attached hydrogens (tertiary/aromatic N) is 3. The fourth-order valence-electron chi connectivity index (χ4n) is 1.56. The van der Waals surface area contributed by atoms with E-state index >= 15 is 0 Å². The van der Waals surface area contributed by atoms with E-state index < -0.39 is 5.60 Å². The van der Waals surface area contributed by atoms with Gasteiger partial charge in [-0.25, -0.2) is 9.48 Å². The number of carbonyl (C=O) groups is 1. The molecule has 0 radical (unpaired) electrons. The summed E-state index contributed by atoms with van der Waals surface area (Å²) >= 11 is 3.37. The molecular formula is C13H22BrN3O3. The summed E-state index contributed by atoms with van der Waals surface area (Å²) in [7, 11) is 3.48. The summed E-state index contributed by atoms with van der Waals surface area (Å²) in [6, 6.07) is 0. The highest BCUT2D eigenvalue weighted by Crippen LogP contribution is 2.24. The van der Waals surface area contributed by atoms with Crippen molar-refractivity contribution in [2.45, 2.75) is 39.4 Å². The lowest BCUT2D eigenvalue weighted by Gasteiger charge is -2.26. The van der Waals surface area contributed by atoms with Gasteiger partial charge >= 0.3 is 6.09 Å². The number of aromatic nitrogens is 2. The second kappa shape index (κ2) is 6.47. The Morgan fingerprint density at radius 3 is 2.60 bits per heavy atom. The van der Waals surface area contributed by atoms with Crippen LogP contribution in [0.5, 0.6) is 5.88 Å². The molecule has 0 aliphatic carbocycles. The Morgan fingerprint density at radius 2 is 2.15 bits per heavy atom. The Labute approximate surface area is 128 Å². The van der Waals surface area contributed by atoms with E-state index in [1.54, 1.807) is 25.0 Å². The third-order valence-corrected chi connectivity index (χ3v) is 2.94. The van der Waals surface area contributed by atoms with Crippen molar-refractivity contribution in [1.29, 1.82) is 0 Å². The zero-order valence-corrected chi connectivity index (χ0v) is 14.4. The number of aryl methyl sites for hydroxylation is 1. The molecule has 0 fully saturated rings. The third kappa shape index (κ3) is 5.03. The Kier molecular flexibility index (Phi) is 5.44. The van der Waals surface area contributed by atoms with E-state index in [2.05, 4.69) is 21.0 Å². The maximum atomic E-state index is 11.9. The number of hydrogen-bond acceptors (Lipinski definition) is 4. The van der Waals surface area contributed by atoms with Gasteiger partial charge in [0, 0.05) is 14.1 Å². The van der Waals surface area contributed by atoms with E-state index in [0.29, 0.717) is 12.4 Å². The Morgan fingerprint density at radius 1 is 1.55 bits per heavy atom. The van der Waals surface area contributed by atoms with E-state index in [-0.39, 0.29) is 12.2 Å². The molecule has 0 aliphatic rings. The van der Waals surface area contributed by atoms with Gasteiger partial charge in [-0.2, -0.15) is 5.10 Å². The maximum absolute atomic E-state index is 11.9. The molecule has 6 nitrogen and oxygen atoms in total. The summed E-state index contributed by atoms with van der Waals surface area (Å²) in [4.78, 5) is 13.4. The van der Waals surface area contributed by atoms with E-state index in [1.807, 2.05) is 27.7 Å². The van der Waals surface area contributed by atoms with E-state index in [0.717, 1.165) is 4.47 Å². The molecule has 0 bridgehead atoms. The van der Waals surface area contributed by atoms with Gasteiger partial charge in [0.25, 0.3) is 0 Å². The monoisotopic (exact) mass is 347 g/mol. The average molecular weight is 348 g/mol. The molecule has 0 unspecified atom stereocenters. The van der Waals surface area contributed by atoms with Crippen LogP contribution in [0.3, 0.4) is 0 Å². The molecule has 7 heteroatoms. The summed E-state index contributed by atoms with van der Waals surface area (Å²) in [5, 5.41) is 4.07. The SMILES string of the molecule is C[C@H](CN(C)C(=O)OC(C)(C)C)Oc1c(Br)cnn1C. The highest BCUT2D eigenvalue weighted by molar-refractivity contribution is 9.10. The van der Waals surface area contributed by atoms with Gasteiger partial charge in [-0.05, 0) is 43.6 Å². The minimum absolute atomic E-state index is 0.181. The zero-order valence-electron chi connectivity index (χ0n) is 12.8. The molecule has 0 aliphatic heterocycles. The number of halogens is 1. The predicted molar refractivity (Wildman–Crippen MR) is 79.9 cm³/mol. The van der Waals surface area contributed by atoms with E-state index in [9.17, 15) is 4.79 Å². The van der Waals surface area contributed by atoms with Crippen molar-refractivity contribution < 1.29 is 14.3 Å². The summed E-state index contributed by atoms with van der Waals surface area (Å²) in [5.74, 6) is 0.634.